The fourth-order valence-corrected chi connectivity index (χ4v) is 2.74. The minimum Gasteiger partial charge on any atom is -0.461 e. The molecule has 1 aromatic heterocycles. The fraction of sp³-hybridized carbons (Fsp3) is 0.647. The molecule has 1 aromatic rings. The van der Waals surface area contributed by atoms with Crippen LogP contribution in [0.25, 0.3) is 0 Å². The minimum atomic E-state index is -0.0989. The average molecular weight is 309 g/mol. The Labute approximate surface area is 132 Å². The fourth-order valence-electron chi connectivity index (χ4n) is 2.04. The van der Waals surface area contributed by atoms with Crippen LogP contribution in [-0.4, -0.2) is 22.5 Å². The normalized spacial score (nSPS) is 10.5. The molecule has 0 N–H and O–H groups in total. The molecule has 21 heavy (non-hydrogen) atoms. The van der Waals surface area contributed by atoms with Crippen molar-refractivity contribution < 1.29 is 9.53 Å². The summed E-state index contributed by atoms with van der Waals surface area (Å²) in [5.74, 6) is 2.41. The van der Waals surface area contributed by atoms with E-state index in [9.17, 15) is 4.79 Å². The molecule has 0 amide bonds. The van der Waals surface area contributed by atoms with E-state index in [2.05, 4.69) is 11.9 Å². The van der Waals surface area contributed by atoms with E-state index in [0.717, 1.165) is 18.4 Å². The number of aromatic nitrogens is 1. The van der Waals surface area contributed by atoms with E-state index in [1.807, 2.05) is 23.9 Å². The summed E-state index contributed by atoms with van der Waals surface area (Å²) < 4.78 is 5.22. The second kappa shape index (κ2) is 12.7. The molecule has 0 bridgehead atoms. The standard InChI is InChI=1S/C17H27NO2S/c1-2-21-13-8-6-4-3-5-7-11-17(19)20-15-16-10-9-12-18-14-16/h9-10,12,14H,2-8,11,13,15H2,1H3. The number of esters is 1. The second-order valence-electron chi connectivity index (χ2n) is 5.09. The van der Waals surface area contributed by atoms with Gasteiger partial charge in [-0.25, -0.2) is 0 Å². The lowest BCUT2D eigenvalue weighted by Gasteiger charge is -2.05. The van der Waals surface area contributed by atoms with Crippen LogP contribution in [0.15, 0.2) is 24.5 Å². The first-order valence-corrected chi connectivity index (χ1v) is 9.10. The van der Waals surface area contributed by atoms with Crippen LogP contribution in [0.2, 0.25) is 0 Å². The molecule has 4 heteroatoms. The van der Waals surface area contributed by atoms with Crippen LogP contribution in [0.3, 0.4) is 0 Å². The number of thioether (sulfide) groups is 1. The quantitative estimate of drug-likeness (QED) is 0.417. The van der Waals surface area contributed by atoms with Crippen LogP contribution in [0.5, 0.6) is 0 Å². The Morgan fingerprint density at radius 2 is 1.95 bits per heavy atom. The van der Waals surface area contributed by atoms with E-state index in [4.69, 9.17) is 4.74 Å². The predicted octanol–water partition coefficient (Wildman–Crippen LogP) is 4.61. The average Bonchev–Trinajstić information content (AvgIpc) is 2.52. The van der Waals surface area contributed by atoms with Gasteiger partial charge in [-0.1, -0.05) is 38.7 Å². The van der Waals surface area contributed by atoms with Gasteiger partial charge in [0.25, 0.3) is 0 Å². The molecule has 0 radical (unpaired) electrons. The maximum Gasteiger partial charge on any atom is 0.306 e. The van der Waals surface area contributed by atoms with Crippen LogP contribution in [0.1, 0.15) is 57.4 Å². The molecule has 0 aliphatic rings. The molecule has 0 spiro atoms. The van der Waals surface area contributed by atoms with Crippen LogP contribution in [-0.2, 0) is 16.1 Å². The van der Waals surface area contributed by atoms with Crippen molar-refractivity contribution in [1.82, 2.24) is 4.98 Å². The summed E-state index contributed by atoms with van der Waals surface area (Å²) >= 11 is 2.02. The molecule has 3 nitrogen and oxygen atoms in total. The van der Waals surface area contributed by atoms with Gasteiger partial charge in [0, 0.05) is 24.4 Å². The van der Waals surface area contributed by atoms with Crippen LogP contribution in [0.4, 0.5) is 0 Å². The molecule has 1 heterocycles. The Hall–Kier alpha value is -1.03. The summed E-state index contributed by atoms with van der Waals surface area (Å²) in [7, 11) is 0. The largest absolute Gasteiger partial charge is 0.461 e. The number of carbonyl (C=O) groups is 1. The Morgan fingerprint density at radius 3 is 2.67 bits per heavy atom. The first-order valence-electron chi connectivity index (χ1n) is 7.95. The molecular formula is C17H27NO2S. The first kappa shape index (κ1) is 18.0. The van der Waals surface area contributed by atoms with Crippen LogP contribution in [0, 0.1) is 0 Å². The molecule has 0 atom stereocenters. The van der Waals surface area contributed by atoms with Gasteiger partial charge in [0.15, 0.2) is 0 Å². The number of ether oxygens (including phenoxy) is 1. The number of rotatable bonds is 12. The van der Waals surface area contributed by atoms with Crippen molar-refractivity contribution in [2.45, 2.75) is 58.5 Å². The SMILES string of the molecule is CCSCCCCCCCCC(=O)OCc1cccnc1. The zero-order chi connectivity index (χ0) is 15.2. The molecule has 118 valence electrons. The van der Waals surface area contributed by atoms with Gasteiger partial charge in [0.2, 0.25) is 0 Å². The third-order valence-electron chi connectivity index (χ3n) is 3.25. The molecule has 1 rings (SSSR count). The Bertz CT molecular complexity index is 370. The number of carbonyl (C=O) groups excluding carboxylic acids is 1. The van der Waals surface area contributed by atoms with E-state index in [0.29, 0.717) is 13.0 Å². The van der Waals surface area contributed by atoms with Crippen molar-refractivity contribution >= 4 is 17.7 Å². The van der Waals surface area contributed by atoms with Crippen molar-refractivity contribution in [3.8, 4) is 0 Å². The molecule has 0 fully saturated rings. The molecular weight excluding hydrogens is 282 g/mol. The number of pyridine rings is 1. The van der Waals surface area contributed by atoms with Crippen molar-refractivity contribution in [2.24, 2.45) is 0 Å². The maximum atomic E-state index is 11.6. The van der Waals surface area contributed by atoms with E-state index >= 15 is 0 Å². The summed E-state index contributed by atoms with van der Waals surface area (Å²) in [4.78, 5) is 15.6. The maximum absolute atomic E-state index is 11.6. The van der Waals surface area contributed by atoms with Crippen molar-refractivity contribution in [1.29, 1.82) is 0 Å². The zero-order valence-corrected chi connectivity index (χ0v) is 13.9. The molecule has 0 saturated carbocycles. The van der Waals surface area contributed by atoms with E-state index in [1.54, 1.807) is 12.4 Å². The first-order chi connectivity index (χ1) is 10.3. The number of nitrogens with zero attached hydrogens (tertiary/aromatic N) is 1. The number of hydrogen-bond acceptors (Lipinski definition) is 4. The number of unbranched alkanes of at least 4 members (excludes halogenated alkanes) is 5. The van der Waals surface area contributed by atoms with Gasteiger partial charge in [0.05, 0.1) is 0 Å². The van der Waals surface area contributed by atoms with Crippen molar-refractivity contribution in [3.05, 3.63) is 30.1 Å². The molecule has 0 aliphatic heterocycles. The van der Waals surface area contributed by atoms with E-state index in [1.165, 1.54) is 37.2 Å². The number of hydrogen-bond donors (Lipinski definition) is 0. The minimum absolute atomic E-state index is 0.0989. The Kier molecular flexibility index (Phi) is 10.9. The molecule has 0 saturated heterocycles. The molecule has 0 aromatic carbocycles. The summed E-state index contributed by atoms with van der Waals surface area (Å²) in [5, 5.41) is 0. The van der Waals surface area contributed by atoms with Crippen molar-refractivity contribution in [2.75, 3.05) is 11.5 Å². The van der Waals surface area contributed by atoms with Gasteiger partial charge in [-0.05, 0) is 30.4 Å². The highest BCUT2D eigenvalue weighted by Crippen LogP contribution is 2.11. The highest BCUT2D eigenvalue weighted by Gasteiger charge is 2.03. The van der Waals surface area contributed by atoms with E-state index in [-0.39, 0.29) is 5.97 Å². The summed E-state index contributed by atoms with van der Waals surface area (Å²) in [6.07, 6.45) is 11.2. The third-order valence-corrected chi connectivity index (χ3v) is 4.23. The van der Waals surface area contributed by atoms with Gasteiger partial charge in [-0.3, -0.25) is 9.78 Å². The molecule has 0 aliphatic carbocycles. The second-order valence-corrected chi connectivity index (χ2v) is 6.48. The topological polar surface area (TPSA) is 39.2 Å². The monoisotopic (exact) mass is 309 g/mol. The summed E-state index contributed by atoms with van der Waals surface area (Å²) in [6, 6.07) is 3.76. The summed E-state index contributed by atoms with van der Waals surface area (Å²) in [5.41, 5.74) is 0.941. The third kappa shape index (κ3) is 10.4. The lowest BCUT2D eigenvalue weighted by molar-refractivity contribution is -0.145. The van der Waals surface area contributed by atoms with Gasteiger partial charge in [-0.2, -0.15) is 11.8 Å². The van der Waals surface area contributed by atoms with E-state index < -0.39 is 0 Å². The van der Waals surface area contributed by atoms with Crippen LogP contribution >= 0.6 is 11.8 Å². The highest BCUT2D eigenvalue weighted by atomic mass is 32.2. The zero-order valence-electron chi connectivity index (χ0n) is 13.1. The van der Waals surface area contributed by atoms with Gasteiger partial charge in [-0.15, -0.1) is 0 Å². The predicted molar refractivity (Wildman–Crippen MR) is 89.4 cm³/mol. The Morgan fingerprint density at radius 1 is 1.19 bits per heavy atom. The van der Waals surface area contributed by atoms with Crippen LogP contribution < -0.4 is 0 Å². The van der Waals surface area contributed by atoms with Gasteiger partial charge < -0.3 is 4.74 Å². The summed E-state index contributed by atoms with van der Waals surface area (Å²) in [6.45, 7) is 2.54. The van der Waals surface area contributed by atoms with Gasteiger partial charge >= 0.3 is 5.97 Å². The van der Waals surface area contributed by atoms with Gasteiger partial charge in [0.1, 0.15) is 6.61 Å². The lowest BCUT2D eigenvalue weighted by atomic mass is 10.1. The van der Waals surface area contributed by atoms with Crippen molar-refractivity contribution in [3.63, 3.8) is 0 Å². The smallest absolute Gasteiger partial charge is 0.306 e. The molecule has 0 unspecified atom stereocenters. The Balaban J connectivity index is 1.89. The lowest BCUT2D eigenvalue weighted by Crippen LogP contribution is -2.04. The highest BCUT2D eigenvalue weighted by molar-refractivity contribution is 7.99.